The largest absolute Gasteiger partial charge is 0.493 e. The first-order valence-electron chi connectivity index (χ1n) is 6.36. The predicted molar refractivity (Wildman–Crippen MR) is 78.7 cm³/mol. The summed E-state index contributed by atoms with van der Waals surface area (Å²) < 4.78 is 11.0. The standard InChI is InChI=1S/C15H18N2O3/c1-19-13-6-5-10-3-4-11(15(16)17)9-12(10)14(13)20-8-2-7-18/h3-6,9,18H,2,7-8H2,1H3,(H3,16,17). The van der Waals surface area contributed by atoms with E-state index in [9.17, 15) is 0 Å². The summed E-state index contributed by atoms with van der Waals surface area (Å²) in [7, 11) is 1.58. The van der Waals surface area contributed by atoms with Crippen LogP contribution in [0.5, 0.6) is 11.5 Å². The third-order valence-electron chi connectivity index (χ3n) is 3.02. The molecule has 5 heteroatoms. The van der Waals surface area contributed by atoms with Gasteiger partial charge in [0, 0.05) is 24.0 Å². The van der Waals surface area contributed by atoms with E-state index in [0.717, 1.165) is 10.8 Å². The average molecular weight is 274 g/mol. The third kappa shape index (κ3) is 2.83. The monoisotopic (exact) mass is 274 g/mol. The minimum Gasteiger partial charge on any atom is -0.493 e. The Kier molecular flexibility index (Phi) is 4.42. The molecule has 20 heavy (non-hydrogen) atoms. The van der Waals surface area contributed by atoms with Gasteiger partial charge in [-0.15, -0.1) is 0 Å². The summed E-state index contributed by atoms with van der Waals surface area (Å²) in [5.74, 6) is 1.24. The van der Waals surface area contributed by atoms with Crippen LogP contribution in [0.1, 0.15) is 12.0 Å². The summed E-state index contributed by atoms with van der Waals surface area (Å²) in [6.07, 6.45) is 0.548. The first kappa shape index (κ1) is 14.1. The second-order valence-electron chi connectivity index (χ2n) is 4.37. The lowest BCUT2D eigenvalue weighted by Crippen LogP contribution is -2.10. The number of nitrogens with two attached hydrogens (primary N) is 1. The van der Waals surface area contributed by atoms with Crippen LogP contribution < -0.4 is 15.2 Å². The smallest absolute Gasteiger partial charge is 0.168 e. The molecule has 106 valence electrons. The molecule has 0 heterocycles. The number of nitrogen functional groups attached to an aromatic ring is 1. The second-order valence-corrected chi connectivity index (χ2v) is 4.37. The highest BCUT2D eigenvalue weighted by Crippen LogP contribution is 2.36. The van der Waals surface area contributed by atoms with Crippen molar-refractivity contribution < 1.29 is 14.6 Å². The van der Waals surface area contributed by atoms with Gasteiger partial charge in [-0.3, -0.25) is 5.41 Å². The number of hydrogen-bond acceptors (Lipinski definition) is 4. The molecule has 0 saturated carbocycles. The van der Waals surface area contributed by atoms with Gasteiger partial charge >= 0.3 is 0 Å². The van der Waals surface area contributed by atoms with Gasteiger partial charge in [0.15, 0.2) is 11.5 Å². The number of benzene rings is 2. The van der Waals surface area contributed by atoms with Crippen LogP contribution in [0.4, 0.5) is 0 Å². The van der Waals surface area contributed by atoms with Crippen molar-refractivity contribution in [3.63, 3.8) is 0 Å². The first-order valence-corrected chi connectivity index (χ1v) is 6.36. The van der Waals surface area contributed by atoms with Gasteiger partial charge in [-0.05, 0) is 17.5 Å². The molecule has 4 N–H and O–H groups in total. The van der Waals surface area contributed by atoms with E-state index in [1.165, 1.54) is 0 Å². The predicted octanol–water partition coefficient (Wildman–Crippen LogP) is 1.89. The summed E-state index contributed by atoms with van der Waals surface area (Å²) in [6, 6.07) is 9.27. The van der Waals surface area contributed by atoms with Crippen molar-refractivity contribution in [2.75, 3.05) is 20.3 Å². The zero-order valence-corrected chi connectivity index (χ0v) is 11.3. The van der Waals surface area contributed by atoms with Crippen LogP contribution in [0.15, 0.2) is 30.3 Å². The molecule has 0 saturated heterocycles. The van der Waals surface area contributed by atoms with Gasteiger partial charge in [0.2, 0.25) is 0 Å². The molecular formula is C15H18N2O3. The maximum absolute atomic E-state index is 8.85. The zero-order chi connectivity index (χ0) is 14.5. The van der Waals surface area contributed by atoms with Crippen molar-refractivity contribution in [1.29, 1.82) is 5.41 Å². The lowest BCUT2D eigenvalue weighted by molar-refractivity contribution is 0.229. The van der Waals surface area contributed by atoms with E-state index in [0.29, 0.717) is 30.1 Å². The molecule has 2 rings (SSSR count). The summed E-state index contributed by atoms with van der Waals surface area (Å²) >= 11 is 0. The Morgan fingerprint density at radius 2 is 2.05 bits per heavy atom. The molecule has 0 fully saturated rings. The van der Waals surface area contributed by atoms with Crippen molar-refractivity contribution >= 4 is 16.6 Å². The number of aliphatic hydroxyl groups excluding tert-OH is 1. The second kappa shape index (κ2) is 6.25. The molecule has 0 amide bonds. The number of nitrogens with one attached hydrogen (secondary N) is 1. The van der Waals surface area contributed by atoms with Gasteiger partial charge in [0.05, 0.1) is 13.7 Å². The number of fused-ring (bicyclic) bond motifs is 1. The van der Waals surface area contributed by atoms with Crippen molar-refractivity contribution in [1.82, 2.24) is 0 Å². The Hall–Kier alpha value is -2.27. The fourth-order valence-electron chi connectivity index (χ4n) is 1.99. The summed E-state index contributed by atoms with van der Waals surface area (Å²) in [4.78, 5) is 0. The van der Waals surface area contributed by atoms with Crippen LogP contribution in [0.25, 0.3) is 10.8 Å². The normalized spacial score (nSPS) is 10.5. The number of aliphatic hydroxyl groups is 1. The van der Waals surface area contributed by atoms with Crippen LogP contribution in [0, 0.1) is 5.41 Å². The lowest BCUT2D eigenvalue weighted by atomic mass is 10.0. The molecule has 0 unspecified atom stereocenters. The van der Waals surface area contributed by atoms with Crippen molar-refractivity contribution in [2.24, 2.45) is 5.73 Å². The number of methoxy groups -OCH3 is 1. The highest BCUT2D eigenvalue weighted by Gasteiger charge is 2.11. The lowest BCUT2D eigenvalue weighted by Gasteiger charge is -2.14. The van der Waals surface area contributed by atoms with Crippen LogP contribution in [0.2, 0.25) is 0 Å². The molecule has 0 bridgehead atoms. The van der Waals surface area contributed by atoms with Crippen molar-refractivity contribution in [3.8, 4) is 11.5 Å². The molecule has 0 aliphatic rings. The quantitative estimate of drug-likeness (QED) is 0.426. The average Bonchev–Trinajstić information content (AvgIpc) is 2.46. The highest BCUT2D eigenvalue weighted by atomic mass is 16.5. The van der Waals surface area contributed by atoms with E-state index in [2.05, 4.69) is 0 Å². The minimum absolute atomic E-state index is 0.0102. The SMILES string of the molecule is COc1ccc2ccc(C(=N)N)cc2c1OCCCO. The Bertz CT molecular complexity index is 626. The molecule has 0 spiro atoms. The Balaban J connectivity index is 2.52. The van der Waals surface area contributed by atoms with Crippen LogP contribution >= 0.6 is 0 Å². The summed E-state index contributed by atoms with van der Waals surface area (Å²) in [5, 5.41) is 18.2. The maximum Gasteiger partial charge on any atom is 0.168 e. The molecule has 0 aliphatic carbocycles. The Morgan fingerprint density at radius 3 is 2.70 bits per heavy atom. The number of amidine groups is 1. The summed E-state index contributed by atoms with van der Waals surface area (Å²) in [5.41, 5.74) is 6.16. The molecule has 2 aromatic carbocycles. The van der Waals surface area contributed by atoms with Crippen LogP contribution in [0.3, 0.4) is 0 Å². The maximum atomic E-state index is 8.85. The fraction of sp³-hybridized carbons (Fsp3) is 0.267. The number of ether oxygens (including phenoxy) is 2. The highest BCUT2D eigenvalue weighted by molar-refractivity contribution is 6.01. The first-order chi connectivity index (χ1) is 9.67. The van der Waals surface area contributed by atoms with Crippen molar-refractivity contribution in [3.05, 3.63) is 35.9 Å². The molecule has 0 atom stereocenters. The van der Waals surface area contributed by atoms with E-state index >= 15 is 0 Å². The molecule has 2 aromatic rings. The molecule has 0 radical (unpaired) electrons. The molecule has 5 nitrogen and oxygen atoms in total. The van der Waals surface area contributed by atoms with Gasteiger partial charge < -0.3 is 20.3 Å². The third-order valence-corrected chi connectivity index (χ3v) is 3.02. The van der Waals surface area contributed by atoms with Gasteiger partial charge in [0.1, 0.15) is 5.84 Å². The van der Waals surface area contributed by atoms with Gasteiger partial charge in [-0.1, -0.05) is 18.2 Å². The Morgan fingerprint density at radius 1 is 1.30 bits per heavy atom. The number of hydrogen-bond donors (Lipinski definition) is 3. The van der Waals surface area contributed by atoms with Crippen LogP contribution in [-0.4, -0.2) is 31.3 Å². The number of rotatable bonds is 6. The van der Waals surface area contributed by atoms with E-state index in [1.807, 2.05) is 24.3 Å². The van der Waals surface area contributed by atoms with E-state index in [1.54, 1.807) is 13.2 Å². The van der Waals surface area contributed by atoms with Crippen LogP contribution in [-0.2, 0) is 0 Å². The van der Waals surface area contributed by atoms with Gasteiger partial charge in [-0.25, -0.2) is 0 Å². The Labute approximate surface area is 117 Å². The minimum atomic E-state index is 0.0102. The van der Waals surface area contributed by atoms with E-state index in [-0.39, 0.29) is 12.4 Å². The topological polar surface area (TPSA) is 88.6 Å². The molecule has 0 aromatic heterocycles. The molecule has 0 aliphatic heterocycles. The van der Waals surface area contributed by atoms with Gasteiger partial charge in [-0.2, -0.15) is 0 Å². The van der Waals surface area contributed by atoms with E-state index in [4.69, 9.17) is 25.7 Å². The van der Waals surface area contributed by atoms with Crippen molar-refractivity contribution in [2.45, 2.75) is 6.42 Å². The zero-order valence-electron chi connectivity index (χ0n) is 11.3. The molecular weight excluding hydrogens is 256 g/mol. The van der Waals surface area contributed by atoms with Gasteiger partial charge in [0.25, 0.3) is 0 Å². The summed E-state index contributed by atoms with van der Waals surface area (Å²) in [6.45, 7) is 0.474. The fourth-order valence-corrected chi connectivity index (χ4v) is 1.99. The van der Waals surface area contributed by atoms with E-state index < -0.39 is 0 Å².